The van der Waals surface area contributed by atoms with Crippen LogP contribution in [-0.2, 0) is 23.7 Å². The molecule has 0 radical (unpaired) electrons. The van der Waals surface area contributed by atoms with Crippen molar-refractivity contribution in [3.63, 3.8) is 0 Å². The van der Waals surface area contributed by atoms with E-state index in [9.17, 15) is 52.5 Å². The van der Waals surface area contributed by atoms with Gasteiger partial charge in [0.1, 0.15) is 11.9 Å². The predicted molar refractivity (Wildman–Crippen MR) is 66.6 cm³/mol. The van der Waals surface area contributed by atoms with E-state index >= 15 is 0 Å². The van der Waals surface area contributed by atoms with Crippen molar-refractivity contribution in [2.45, 2.75) is 43.7 Å². The zero-order chi connectivity index (χ0) is 21.4. The number of hydrogen-bond acceptors (Lipinski definition) is 3. The van der Waals surface area contributed by atoms with Crippen molar-refractivity contribution in [3.8, 4) is 0 Å². The first-order chi connectivity index (χ1) is 11.2. The summed E-state index contributed by atoms with van der Waals surface area (Å²) in [6.07, 6.45) is -2.93. The molecule has 0 N–H and O–H groups in total. The number of hydrogen-bond donors (Lipinski definition) is 0. The Bertz CT molecular complexity index is 706. The van der Waals surface area contributed by atoms with Gasteiger partial charge in [0.15, 0.2) is 10.1 Å². The third kappa shape index (κ3) is 4.42. The van der Waals surface area contributed by atoms with Crippen LogP contribution in [0.4, 0.5) is 39.5 Å². The van der Waals surface area contributed by atoms with Gasteiger partial charge < -0.3 is 4.55 Å². The Morgan fingerprint density at radius 1 is 1.04 bits per heavy atom. The van der Waals surface area contributed by atoms with Gasteiger partial charge in [-0.05, 0) is 6.92 Å². The van der Waals surface area contributed by atoms with Crippen molar-refractivity contribution in [2.24, 2.45) is 7.05 Å². The summed E-state index contributed by atoms with van der Waals surface area (Å²) in [7, 11) is -5.36. The summed E-state index contributed by atoms with van der Waals surface area (Å²) < 4.78 is 140. The highest BCUT2D eigenvalue weighted by molar-refractivity contribution is 7.86. The summed E-state index contributed by atoms with van der Waals surface area (Å²) in [5.41, 5.74) is 1.30. The van der Waals surface area contributed by atoms with E-state index < -0.39 is 33.4 Å². The van der Waals surface area contributed by atoms with E-state index in [0.717, 1.165) is 6.54 Å². The van der Waals surface area contributed by atoms with E-state index in [-0.39, 0.29) is 0 Å². The van der Waals surface area contributed by atoms with Gasteiger partial charge in [0.05, 0.1) is 13.6 Å². The minimum absolute atomic E-state index is 1.06. The van der Waals surface area contributed by atoms with Crippen molar-refractivity contribution in [2.75, 3.05) is 0 Å². The number of halogens is 9. The lowest BCUT2D eigenvalue weighted by Crippen LogP contribution is -2.63. The Morgan fingerprint density at radius 2 is 1.46 bits per heavy atom. The number of aryl methyl sites for hydroxylation is 3. The highest BCUT2D eigenvalue weighted by Crippen LogP contribution is 2.54. The van der Waals surface area contributed by atoms with Crippen molar-refractivity contribution in [3.05, 3.63) is 18.2 Å². The molecule has 0 saturated carbocycles. The summed E-state index contributed by atoms with van der Waals surface area (Å²) in [5.74, 6) is -14.8. The van der Waals surface area contributed by atoms with E-state index in [2.05, 4.69) is 42.6 Å². The lowest BCUT2D eigenvalue weighted by atomic mass is 10.1. The number of rotatable bonds is 4. The average molecular weight is 424 g/mol. The molecule has 0 atom stereocenters. The molecule has 0 fully saturated rings. The second-order valence-electron chi connectivity index (χ2n) is 4.94. The maximum absolute atomic E-state index is 12.2. The van der Waals surface area contributed by atoms with Gasteiger partial charge in [-0.3, -0.25) is 0 Å². The summed E-state index contributed by atoms with van der Waals surface area (Å²) in [4.78, 5) is 0. The van der Waals surface area contributed by atoms with E-state index in [1.54, 1.807) is 0 Å². The maximum Gasteiger partial charge on any atom is 0.460 e. The van der Waals surface area contributed by atoms with Crippen LogP contribution in [0.25, 0.3) is 0 Å². The lowest BCUT2D eigenvalue weighted by Gasteiger charge is -2.34. The molecule has 1 aromatic rings. The molecule has 0 aromatic carbocycles. The van der Waals surface area contributed by atoms with Gasteiger partial charge in [-0.15, -0.1) is 0 Å². The number of imidazole rings is 1. The molecule has 0 aliphatic carbocycles. The molecule has 15 heteroatoms. The number of aromatic nitrogens is 2. The van der Waals surface area contributed by atoms with Gasteiger partial charge in [-0.25, -0.2) is 17.6 Å². The molecular weight excluding hydrogens is 411 g/mol. The second kappa shape index (κ2) is 7.25. The van der Waals surface area contributed by atoms with Crippen LogP contribution in [0.1, 0.15) is 12.6 Å². The van der Waals surface area contributed by atoms with E-state index in [0.29, 0.717) is 0 Å². The summed E-state index contributed by atoms with van der Waals surface area (Å²) >= 11 is 0. The summed E-state index contributed by atoms with van der Waals surface area (Å²) in [6.45, 7) is 5.30. The van der Waals surface area contributed by atoms with Crippen LogP contribution in [0, 0.1) is 6.92 Å². The SMILES string of the molecule is CC[n+]1cc(C)n(C)c1.O=S(=O)([O-])C(F)(F)C(F)(F)C(F)(F)C(F)(F)F. The Morgan fingerprint density at radius 3 is 1.65 bits per heavy atom. The average Bonchev–Trinajstić information content (AvgIpc) is 2.75. The molecule has 0 bridgehead atoms. The Kier molecular flexibility index (Phi) is 6.83. The standard InChI is InChI=1S/C7H13N2.C4HF9O3S/c1-4-9-5-7(2)8(3)6-9;5-1(6,3(9,10)11)2(7,8)4(12,13)17(14,15)16/h5-6H,4H2,1-3H3;(H,14,15,16)/q+1;/p-1. The van der Waals surface area contributed by atoms with Gasteiger partial charge in [-0.1, -0.05) is 0 Å². The first-order valence-electron chi connectivity index (χ1n) is 6.41. The van der Waals surface area contributed by atoms with Crippen LogP contribution in [0.3, 0.4) is 0 Å². The first-order valence-corrected chi connectivity index (χ1v) is 7.82. The summed E-state index contributed by atoms with van der Waals surface area (Å²) in [5, 5.41) is -7.11. The fourth-order valence-corrected chi connectivity index (χ4v) is 1.81. The number of nitrogens with zero attached hydrogens (tertiary/aromatic N) is 2. The fourth-order valence-electron chi connectivity index (χ4n) is 1.37. The Balaban J connectivity index is 0.000000577. The molecule has 0 spiro atoms. The molecular formula is C11H13F9N2O3S. The Hall–Kier alpha value is -1.51. The normalized spacial score (nSPS) is 14.0. The largest absolute Gasteiger partial charge is 0.743 e. The van der Waals surface area contributed by atoms with Gasteiger partial charge in [-0.2, -0.15) is 39.5 Å². The summed E-state index contributed by atoms with van der Waals surface area (Å²) in [6, 6.07) is 0. The molecule has 1 heterocycles. The highest BCUT2D eigenvalue weighted by atomic mass is 32.2. The van der Waals surface area contributed by atoms with E-state index in [4.69, 9.17) is 0 Å². The second-order valence-corrected chi connectivity index (χ2v) is 6.37. The molecule has 26 heavy (non-hydrogen) atoms. The molecule has 1 rings (SSSR count). The van der Waals surface area contributed by atoms with Gasteiger partial charge in [0.25, 0.3) is 0 Å². The van der Waals surface area contributed by atoms with Crippen molar-refractivity contribution in [1.29, 1.82) is 0 Å². The van der Waals surface area contributed by atoms with Crippen molar-refractivity contribution >= 4 is 10.1 Å². The topological polar surface area (TPSA) is 66.0 Å². The minimum atomic E-state index is -7.43. The molecule has 154 valence electrons. The first kappa shape index (κ1) is 24.5. The van der Waals surface area contributed by atoms with E-state index in [1.807, 2.05) is 0 Å². The molecule has 5 nitrogen and oxygen atoms in total. The monoisotopic (exact) mass is 424 g/mol. The predicted octanol–water partition coefficient (Wildman–Crippen LogP) is 2.60. The van der Waals surface area contributed by atoms with Crippen LogP contribution < -0.4 is 4.57 Å². The molecule has 1 aromatic heterocycles. The van der Waals surface area contributed by atoms with Gasteiger partial charge >= 0.3 is 23.3 Å². The number of alkyl halides is 9. The van der Waals surface area contributed by atoms with Crippen molar-refractivity contribution < 1.29 is 57.1 Å². The van der Waals surface area contributed by atoms with Gasteiger partial charge in [0.2, 0.25) is 6.33 Å². The molecule has 0 saturated heterocycles. The smallest absolute Gasteiger partial charge is 0.460 e. The maximum atomic E-state index is 12.2. The molecule has 0 aliphatic heterocycles. The molecule has 0 unspecified atom stereocenters. The van der Waals surface area contributed by atoms with E-state index in [1.165, 1.54) is 5.69 Å². The lowest BCUT2D eigenvalue weighted by molar-refractivity contribution is -0.693. The minimum Gasteiger partial charge on any atom is -0.743 e. The third-order valence-corrected chi connectivity index (χ3v) is 3.91. The fraction of sp³-hybridized carbons (Fsp3) is 0.727. The van der Waals surface area contributed by atoms with Gasteiger partial charge in [0, 0.05) is 6.92 Å². The molecule has 0 amide bonds. The zero-order valence-corrected chi connectivity index (χ0v) is 14.1. The van der Waals surface area contributed by atoms with Crippen LogP contribution >= 0.6 is 0 Å². The highest BCUT2D eigenvalue weighted by Gasteiger charge is 2.83. The van der Waals surface area contributed by atoms with Crippen LogP contribution in [0.2, 0.25) is 0 Å². The van der Waals surface area contributed by atoms with Crippen LogP contribution in [0.5, 0.6) is 0 Å². The van der Waals surface area contributed by atoms with Crippen LogP contribution in [0.15, 0.2) is 12.5 Å². The Labute approximate surface area is 141 Å². The third-order valence-electron chi connectivity index (χ3n) is 3.03. The van der Waals surface area contributed by atoms with Crippen molar-refractivity contribution in [1.82, 2.24) is 4.57 Å². The molecule has 0 aliphatic rings. The quantitative estimate of drug-likeness (QED) is 0.424. The van der Waals surface area contributed by atoms with Crippen LogP contribution in [-0.4, -0.2) is 40.8 Å². The zero-order valence-electron chi connectivity index (χ0n) is 13.3.